The van der Waals surface area contributed by atoms with E-state index >= 15 is 0 Å². The zero-order chi connectivity index (χ0) is 9.68. The molecular formula is C11H14BO. The van der Waals surface area contributed by atoms with E-state index < -0.39 is 0 Å². The summed E-state index contributed by atoms with van der Waals surface area (Å²) >= 11 is 0. The van der Waals surface area contributed by atoms with Crippen molar-refractivity contribution in [3.63, 3.8) is 0 Å². The van der Waals surface area contributed by atoms with Crippen molar-refractivity contribution in [2.45, 2.75) is 20.2 Å². The van der Waals surface area contributed by atoms with Gasteiger partial charge in [0.1, 0.15) is 13.6 Å². The molecule has 0 saturated carbocycles. The molecule has 1 aromatic rings. The van der Waals surface area contributed by atoms with Gasteiger partial charge in [-0.15, -0.1) is 0 Å². The predicted molar refractivity (Wildman–Crippen MR) is 56.6 cm³/mol. The lowest BCUT2D eigenvalue weighted by atomic mass is 9.73. The number of hydrogen-bond acceptors (Lipinski definition) is 1. The number of aldehydes is 1. The summed E-state index contributed by atoms with van der Waals surface area (Å²) in [5, 5.41) is 0. The minimum absolute atomic E-state index is 0.122. The van der Waals surface area contributed by atoms with Gasteiger partial charge < -0.3 is 4.79 Å². The third-order valence-electron chi connectivity index (χ3n) is 2.10. The molecule has 1 nitrogen and oxygen atoms in total. The summed E-state index contributed by atoms with van der Waals surface area (Å²) < 4.78 is 0. The van der Waals surface area contributed by atoms with Crippen molar-refractivity contribution >= 4 is 19.0 Å². The van der Waals surface area contributed by atoms with Crippen molar-refractivity contribution in [3.05, 3.63) is 29.8 Å². The minimum atomic E-state index is 0.122. The minimum Gasteiger partial charge on any atom is -0.303 e. The number of carbonyl (C=O) groups excluding carboxylic acids is 1. The Labute approximate surface area is 80.4 Å². The monoisotopic (exact) mass is 173 g/mol. The largest absolute Gasteiger partial charge is 0.303 e. The van der Waals surface area contributed by atoms with E-state index in [4.69, 9.17) is 0 Å². The van der Waals surface area contributed by atoms with Gasteiger partial charge in [-0.05, 0) is 12.0 Å². The van der Waals surface area contributed by atoms with Gasteiger partial charge in [0.05, 0.1) is 0 Å². The normalized spacial score (nSPS) is 12.2. The van der Waals surface area contributed by atoms with Gasteiger partial charge in [0, 0.05) is 5.92 Å². The second kappa shape index (κ2) is 4.85. The molecule has 0 aliphatic rings. The van der Waals surface area contributed by atoms with Crippen molar-refractivity contribution in [1.82, 2.24) is 0 Å². The highest BCUT2D eigenvalue weighted by molar-refractivity contribution is 6.51. The summed E-state index contributed by atoms with van der Waals surface area (Å²) in [5.41, 5.74) is 2.45. The Morgan fingerprint density at radius 2 is 2.00 bits per heavy atom. The van der Waals surface area contributed by atoms with E-state index in [0.29, 0.717) is 0 Å². The van der Waals surface area contributed by atoms with Gasteiger partial charge in [0.2, 0.25) is 0 Å². The van der Waals surface area contributed by atoms with Gasteiger partial charge in [-0.25, -0.2) is 0 Å². The SMILES string of the molecule is C[B]c1ccc(CC(C)C=O)cc1. The molecule has 0 aromatic heterocycles. The summed E-state index contributed by atoms with van der Waals surface area (Å²) in [6.45, 7) is 3.95. The second-order valence-electron chi connectivity index (χ2n) is 3.35. The summed E-state index contributed by atoms with van der Waals surface area (Å²) in [6.07, 6.45) is 1.84. The molecule has 0 fully saturated rings. The molecular weight excluding hydrogens is 159 g/mol. The summed E-state index contributed by atoms with van der Waals surface area (Å²) in [5.74, 6) is 0.122. The van der Waals surface area contributed by atoms with E-state index in [1.807, 2.05) is 13.7 Å². The highest BCUT2D eigenvalue weighted by Gasteiger charge is 2.00. The van der Waals surface area contributed by atoms with Gasteiger partial charge in [-0.3, -0.25) is 0 Å². The number of rotatable bonds is 4. The van der Waals surface area contributed by atoms with Gasteiger partial charge in [0.15, 0.2) is 0 Å². The average molecular weight is 173 g/mol. The topological polar surface area (TPSA) is 17.1 Å². The maximum Gasteiger partial charge on any atom is 0.148 e. The Morgan fingerprint density at radius 3 is 2.46 bits per heavy atom. The maximum atomic E-state index is 10.4. The first-order chi connectivity index (χ1) is 6.26. The molecule has 0 amide bonds. The lowest BCUT2D eigenvalue weighted by Gasteiger charge is -2.04. The molecule has 1 rings (SSSR count). The van der Waals surface area contributed by atoms with E-state index in [1.54, 1.807) is 0 Å². The first-order valence-corrected chi connectivity index (χ1v) is 4.60. The van der Waals surface area contributed by atoms with Gasteiger partial charge >= 0.3 is 0 Å². The summed E-state index contributed by atoms with van der Waals surface area (Å²) in [6, 6.07) is 8.31. The zero-order valence-electron chi connectivity index (χ0n) is 8.16. The second-order valence-corrected chi connectivity index (χ2v) is 3.35. The van der Waals surface area contributed by atoms with Gasteiger partial charge in [0.25, 0.3) is 0 Å². The van der Waals surface area contributed by atoms with Crippen LogP contribution in [0.4, 0.5) is 0 Å². The maximum absolute atomic E-state index is 10.4. The van der Waals surface area contributed by atoms with Crippen LogP contribution in [0.1, 0.15) is 12.5 Å². The average Bonchev–Trinajstić information content (AvgIpc) is 2.19. The Morgan fingerprint density at radius 1 is 1.38 bits per heavy atom. The lowest BCUT2D eigenvalue weighted by Crippen LogP contribution is -2.10. The van der Waals surface area contributed by atoms with Gasteiger partial charge in [-0.1, -0.05) is 43.5 Å². The van der Waals surface area contributed by atoms with Crippen LogP contribution in [0.25, 0.3) is 0 Å². The highest BCUT2D eigenvalue weighted by atomic mass is 16.1. The molecule has 0 heterocycles. The van der Waals surface area contributed by atoms with Crippen LogP contribution in [0, 0.1) is 5.92 Å². The molecule has 0 saturated heterocycles. The Bertz CT molecular complexity index is 266. The first-order valence-electron chi connectivity index (χ1n) is 4.60. The van der Waals surface area contributed by atoms with Crippen LogP contribution in [0.5, 0.6) is 0 Å². The van der Waals surface area contributed by atoms with Crippen LogP contribution in [-0.4, -0.2) is 13.6 Å². The molecule has 1 unspecified atom stereocenters. The fraction of sp³-hybridized carbons (Fsp3) is 0.364. The van der Waals surface area contributed by atoms with Crippen molar-refractivity contribution < 1.29 is 4.79 Å². The van der Waals surface area contributed by atoms with E-state index in [0.717, 1.165) is 12.7 Å². The Kier molecular flexibility index (Phi) is 3.75. The predicted octanol–water partition coefficient (Wildman–Crippen LogP) is 1.44. The molecule has 0 aliphatic heterocycles. The van der Waals surface area contributed by atoms with Crippen LogP contribution >= 0.6 is 0 Å². The van der Waals surface area contributed by atoms with Crippen molar-refractivity contribution in [3.8, 4) is 0 Å². The third kappa shape index (κ3) is 3.06. The molecule has 0 aliphatic carbocycles. The Hall–Kier alpha value is -1.05. The molecule has 0 bridgehead atoms. The fourth-order valence-electron chi connectivity index (χ4n) is 1.27. The quantitative estimate of drug-likeness (QED) is 0.497. The molecule has 1 radical (unpaired) electrons. The Balaban J connectivity index is 2.63. The zero-order valence-corrected chi connectivity index (χ0v) is 8.16. The van der Waals surface area contributed by atoms with E-state index in [1.165, 1.54) is 11.0 Å². The highest BCUT2D eigenvalue weighted by Crippen LogP contribution is 2.04. The number of benzene rings is 1. The van der Waals surface area contributed by atoms with Crippen molar-refractivity contribution in [1.29, 1.82) is 0 Å². The smallest absolute Gasteiger partial charge is 0.148 e. The third-order valence-corrected chi connectivity index (χ3v) is 2.10. The molecule has 1 aromatic carbocycles. The number of carbonyl (C=O) groups is 1. The molecule has 13 heavy (non-hydrogen) atoms. The van der Waals surface area contributed by atoms with Crippen LogP contribution in [0.15, 0.2) is 24.3 Å². The molecule has 1 atom stereocenters. The summed E-state index contributed by atoms with van der Waals surface area (Å²) in [7, 11) is 2.06. The van der Waals surface area contributed by atoms with Crippen LogP contribution in [0.3, 0.4) is 0 Å². The molecule has 2 heteroatoms. The van der Waals surface area contributed by atoms with Gasteiger partial charge in [-0.2, -0.15) is 0 Å². The van der Waals surface area contributed by atoms with E-state index in [2.05, 4.69) is 31.5 Å². The van der Waals surface area contributed by atoms with Crippen molar-refractivity contribution in [2.24, 2.45) is 5.92 Å². The first kappa shape index (κ1) is 10.0. The summed E-state index contributed by atoms with van der Waals surface area (Å²) in [4.78, 5) is 10.4. The van der Waals surface area contributed by atoms with Crippen LogP contribution in [-0.2, 0) is 11.2 Å². The van der Waals surface area contributed by atoms with Crippen molar-refractivity contribution in [2.75, 3.05) is 0 Å². The standard InChI is InChI=1S/C11H14BO/c1-9(8-13)7-10-3-5-11(12-2)6-4-10/h3-6,8-9H,7H2,1-2H3. The van der Waals surface area contributed by atoms with Crippen LogP contribution in [0.2, 0.25) is 6.82 Å². The molecule has 67 valence electrons. The molecule has 0 spiro atoms. The lowest BCUT2D eigenvalue weighted by molar-refractivity contribution is -0.110. The number of hydrogen-bond donors (Lipinski definition) is 0. The van der Waals surface area contributed by atoms with E-state index in [9.17, 15) is 4.79 Å². The molecule has 0 N–H and O–H groups in total. The fourth-order valence-corrected chi connectivity index (χ4v) is 1.27. The van der Waals surface area contributed by atoms with Crippen LogP contribution < -0.4 is 5.46 Å². The van der Waals surface area contributed by atoms with E-state index in [-0.39, 0.29) is 5.92 Å².